The van der Waals surface area contributed by atoms with Crippen molar-refractivity contribution in [3.05, 3.63) is 24.0 Å². The van der Waals surface area contributed by atoms with E-state index in [2.05, 4.69) is 22.5 Å². The Kier molecular flexibility index (Phi) is 3.99. The SMILES string of the molecule is NC(=S)CCNC(=O)c1ccncc1O. The van der Waals surface area contributed by atoms with Crippen molar-refractivity contribution >= 4 is 23.1 Å². The zero-order chi connectivity index (χ0) is 11.3. The summed E-state index contributed by atoms with van der Waals surface area (Å²) in [6, 6.07) is 1.44. The van der Waals surface area contributed by atoms with E-state index >= 15 is 0 Å². The van der Waals surface area contributed by atoms with E-state index in [9.17, 15) is 9.90 Å². The predicted octanol–water partition coefficient (Wildman–Crippen LogP) is 0.193. The van der Waals surface area contributed by atoms with E-state index in [4.69, 9.17) is 5.73 Å². The molecule has 0 aromatic carbocycles. The van der Waals surface area contributed by atoms with E-state index in [1.165, 1.54) is 18.5 Å². The molecule has 15 heavy (non-hydrogen) atoms. The van der Waals surface area contributed by atoms with Gasteiger partial charge in [-0.2, -0.15) is 0 Å². The van der Waals surface area contributed by atoms with E-state index in [-0.39, 0.29) is 17.2 Å². The summed E-state index contributed by atoms with van der Waals surface area (Å²) in [5.41, 5.74) is 5.46. The van der Waals surface area contributed by atoms with Crippen molar-refractivity contribution in [3.8, 4) is 5.75 Å². The fourth-order valence-corrected chi connectivity index (χ4v) is 1.07. The molecule has 1 heterocycles. The first-order valence-corrected chi connectivity index (χ1v) is 4.71. The van der Waals surface area contributed by atoms with Crippen LogP contribution in [-0.2, 0) is 0 Å². The van der Waals surface area contributed by atoms with Crippen LogP contribution in [0.2, 0.25) is 0 Å². The van der Waals surface area contributed by atoms with Crippen LogP contribution in [0.1, 0.15) is 16.8 Å². The maximum absolute atomic E-state index is 11.5. The minimum atomic E-state index is -0.369. The average molecular weight is 225 g/mol. The first kappa shape index (κ1) is 11.4. The van der Waals surface area contributed by atoms with E-state index in [1.807, 2.05) is 0 Å². The van der Waals surface area contributed by atoms with Crippen molar-refractivity contribution in [2.24, 2.45) is 5.73 Å². The Morgan fingerprint density at radius 2 is 2.40 bits per heavy atom. The molecule has 1 aromatic heterocycles. The predicted molar refractivity (Wildman–Crippen MR) is 59.6 cm³/mol. The average Bonchev–Trinajstić information content (AvgIpc) is 2.17. The Morgan fingerprint density at radius 1 is 1.67 bits per heavy atom. The lowest BCUT2D eigenvalue weighted by atomic mass is 10.2. The van der Waals surface area contributed by atoms with Crippen molar-refractivity contribution in [2.45, 2.75) is 6.42 Å². The third-order valence-electron chi connectivity index (χ3n) is 1.70. The number of thiocarbonyl (C=S) groups is 1. The van der Waals surface area contributed by atoms with E-state index in [0.29, 0.717) is 18.0 Å². The van der Waals surface area contributed by atoms with Gasteiger partial charge < -0.3 is 16.2 Å². The number of aromatic nitrogens is 1. The number of nitrogens with one attached hydrogen (secondary N) is 1. The zero-order valence-electron chi connectivity index (χ0n) is 7.93. The van der Waals surface area contributed by atoms with Gasteiger partial charge in [0, 0.05) is 19.2 Å². The fourth-order valence-electron chi connectivity index (χ4n) is 0.973. The number of rotatable bonds is 4. The van der Waals surface area contributed by atoms with Gasteiger partial charge in [-0.05, 0) is 6.07 Å². The molecule has 1 rings (SSSR count). The summed E-state index contributed by atoms with van der Waals surface area (Å²) in [5, 5.41) is 11.9. The number of nitrogens with zero attached hydrogens (tertiary/aromatic N) is 1. The summed E-state index contributed by atoms with van der Waals surface area (Å²) in [4.78, 5) is 15.5. The fraction of sp³-hybridized carbons (Fsp3) is 0.222. The Morgan fingerprint density at radius 3 is 3.00 bits per heavy atom. The molecule has 0 aliphatic carbocycles. The van der Waals surface area contributed by atoms with Crippen LogP contribution < -0.4 is 11.1 Å². The lowest BCUT2D eigenvalue weighted by Crippen LogP contribution is -2.27. The number of hydrogen-bond donors (Lipinski definition) is 3. The van der Waals surface area contributed by atoms with Gasteiger partial charge in [0.25, 0.3) is 5.91 Å². The molecule has 0 saturated heterocycles. The van der Waals surface area contributed by atoms with Crippen LogP contribution in [0.4, 0.5) is 0 Å². The molecule has 0 bridgehead atoms. The van der Waals surface area contributed by atoms with Gasteiger partial charge >= 0.3 is 0 Å². The molecular formula is C9H11N3O2S. The molecule has 0 aliphatic rings. The summed E-state index contributed by atoms with van der Waals surface area (Å²) in [7, 11) is 0. The second kappa shape index (κ2) is 5.26. The largest absolute Gasteiger partial charge is 0.505 e. The highest BCUT2D eigenvalue weighted by molar-refractivity contribution is 7.80. The molecule has 5 nitrogen and oxygen atoms in total. The van der Waals surface area contributed by atoms with E-state index < -0.39 is 0 Å². The van der Waals surface area contributed by atoms with Crippen molar-refractivity contribution in [2.75, 3.05) is 6.54 Å². The van der Waals surface area contributed by atoms with Gasteiger partial charge in [0.2, 0.25) is 0 Å². The summed E-state index contributed by atoms with van der Waals surface area (Å²) in [6.45, 7) is 0.357. The number of nitrogens with two attached hydrogens (primary N) is 1. The first-order valence-electron chi connectivity index (χ1n) is 4.30. The highest BCUT2D eigenvalue weighted by Crippen LogP contribution is 2.12. The number of carbonyl (C=O) groups is 1. The van der Waals surface area contributed by atoms with Crippen molar-refractivity contribution in [3.63, 3.8) is 0 Å². The minimum absolute atomic E-state index is 0.148. The van der Waals surface area contributed by atoms with Gasteiger partial charge in [-0.3, -0.25) is 9.78 Å². The summed E-state index contributed by atoms with van der Waals surface area (Å²) < 4.78 is 0. The Labute approximate surface area is 92.3 Å². The van der Waals surface area contributed by atoms with Crippen LogP contribution in [0, 0.1) is 0 Å². The van der Waals surface area contributed by atoms with Crippen LogP contribution in [0.15, 0.2) is 18.5 Å². The maximum Gasteiger partial charge on any atom is 0.255 e. The lowest BCUT2D eigenvalue weighted by Gasteiger charge is -2.05. The van der Waals surface area contributed by atoms with Crippen LogP contribution >= 0.6 is 12.2 Å². The normalized spacial score (nSPS) is 9.60. The quantitative estimate of drug-likeness (QED) is 0.637. The molecule has 1 amide bonds. The van der Waals surface area contributed by atoms with Crippen molar-refractivity contribution in [1.82, 2.24) is 10.3 Å². The molecule has 0 fully saturated rings. The molecule has 80 valence electrons. The van der Waals surface area contributed by atoms with Crippen LogP contribution in [0.3, 0.4) is 0 Å². The molecule has 0 saturated carbocycles. The molecule has 4 N–H and O–H groups in total. The summed E-state index contributed by atoms with van der Waals surface area (Å²) in [6.07, 6.45) is 3.08. The molecule has 0 unspecified atom stereocenters. The summed E-state index contributed by atoms with van der Waals surface area (Å²) in [5.74, 6) is -0.517. The van der Waals surface area contributed by atoms with Gasteiger partial charge in [0.1, 0.15) is 5.75 Å². The number of carbonyl (C=O) groups excluding carboxylic acids is 1. The van der Waals surface area contributed by atoms with Gasteiger partial charge in [0.05, 0.1) is 16.7 Å². The van der Waals surface area contributed by atoms with E-state index in [0.717, 1.165) is 0 Å². The maximum atomic E-state index is 11.5. The second-order valence-electron chi connectivity index (χ2n) is 2.87. The Balaban J connectivity index is 2.54. The first-order chi connectivity index (χ1) is 7.11. The molecular weight excluding hydrogens is 214 g/mol. The third kappa shape index (κ3) is 3.51. The molecule has 0 spiro atoms. The van der Waals surface area contributed by atoms with Crippen LogP contribution in [0.25, 0.3) is 0 Å². The smallest absolute Gasteiger partial charge is 0.255 e. The molecule has 0 radical (unpaired) electrons. The number of amides is 1. The van der Waals surface area contributed by atoms with Crippen LogP contribution in [0.5, 0.6) is 5.75 Å². The minimum Gasteiger partial charge on any atom is -0.505 e. The highest BCUT2D eigenvalue weighted by Gasteiger charge is 2.09. The Bertz CT molecular complexity index is 381. The van der Waals surface area contributed by atoms with Gasteiger partial charge in [-0.1, -0.05) is 12.2 Å². The van der Waals surface area contributed by atoms with Crippen LogP contribution in [-0.4, -0.2) is 27.5 Å². The molecule has 6 heteroatoms. The summed E-state index contributed by atoms with van der Waals surface area (Å²) >= 11 is 4.66. The highest BCUT2D eigenvalue weighted by atomic mass is 32.1. The zero-order valence-corrected chi connectivity index (χ0v) is 8.75. The number of pyridine rings is 1. The molecule has 0 aliphatic heterocycles. The topological polar surface area (TPSA) is 88.2 Å². The van der Waals surface area contributed by atoms with Crippen molar-refractivity contribution < 1.29 is 9.90 Å². The third-order valence-corrected chi connectivity index (χ3v) is 1.91. The Hall–Kier alpha value is -1.69. The van der Waals surface area contributed by atoms with Gasteiger partial charge in [-0.25, -0.2) is 0 Å². The monoisotopic (exact) mass is 225 g/mol. The van der Waals surface area contributed by atoms with E-state index in [1.54, 1.807) is 0 Å². The number of aromatic hydroxyl groups is 1. The molecule has 1 aromatic rings. The van der Waals surface area contributed by atoms with Crippen molar-refractivity contribution in [1.29, 1.82) is 0 Å². The standard InChI is InChI=1S/C9H11N3O2S/c10-8(15)2-4-12-9(14)6-1-3-11-5-7(6)13/h1,3,5,13H,2,4H2,(H2,10,15)(H,12,14). The van der Waals surface area contributed by atoms with Gasteiger partial charge in [-0.15, -0.1) is 0 Å². The van der Waals surface area contributed by atoms with Gasteiger partial charge in [0.15, 0.2) is 0 Å². The number of hydrogen-bond acceptors (Lipinski definition) is 4. The molecule has 0 atom stereocenters. The lowest BCUT2D eigenvalue weighted by molar-refractivity contribution is 0.0952. The second-order valence-corrected chi connectivity index (χ2v) is 3.39.